The van der Waals surface area contributed by atoms with Crippen LogP contribution in [-0.4, -0.2) is 30.4 Å². The van der Waals surface area contributed by atoms with Crippen molar-refractivity contribution in [1.29, 1.82) is 0 Å². The van der Waals surface area contributed by atoms with E-state index in [1.165, 1.54) is 22.6 Å². The Morgan fingerprint density at radius 1 is 1.35 bits per heavy atom. The van der Waals surface area contributed by atoms with Crippen LogP contribution in [0, 0.1) is 5.82 Å². The van der Waals surface area contributed by atoms with E-state index in [9.17, 15) is 9.18 Å². The van der Waals surface area contributed by atoms with Gasteiger partial charge >= 0.3 is 0 Å². The average Bonchev–Trinajstić information content (AvgIpc) is 3.03. The van der Waals surface area contributed by atoms with Gasteiger partial charge in [0.05, 0.1) is 12.6 Å². The number of amides is 1. The van der Waals surface area contributed by atoms with Crippen LogP contribution >= 0.6 is 11.3 Å². The zero-order valence-corrected chi connectivity index (χ0v) is 14.1. The predicted molar refractivity (Wildman–Crippen MR) is 89.9 cm³/mol. The van der Waals surface area contributed by atoms with Crippen LogP contribution in [0.1, 0.15) is 35.4 Å². The molecule has 0 aliphatic carbocycles. The Hall–Kier alpha value is -1.72. The molecule has 1 aliphatic rings. The van der Waals surface area contributed by atoms with Gasteiger partial charge < -0.3 is 10.2 Å². The minimum absolute atomic E-state index is 0.0897. The minimum atomic E-state index is -0.246. The second-order valence-corrected chi connectivity index (χ2v) is 6.87. The van der Waals surface area contributed by atoms with Crippen LogP contribution in [0.5, 0.6) is 0 Å². The maximum atomic E-state index is 13.3. The Labute approximate surface area is 140 Å². The van der Waals surface area contributed by atoms with E-state index < -0.39 is 0 Å². The fourth-order valence-corrected chi connectivity index (χ4v) is 4.04. The first-order chi connectivity index (χ1) is 11.2. The third-order valence-corrected chi connectivity index (χ3v) is 5.28. The maximum Gasteiger partial charge on any atom is 0.278 e. The number of nitrogens with zero attached hydrogens (tertiary/aromatic N) is 1. The van der Waals surface area contributed by atoms with Crippen molar-refractivity contribution in [3.05, 3.63) is 57.5 Å². The van der Waals surface area contributed by atoms with E-state index in [-0.39, 0.29) is 17.8 Å². The Bertz CT molecular complexity index is 668. The number of halogens is 1. The van der Waals surface area contributed by atoms with Crippen LogP contribution < -0.4 is 5.32 Å². The Balaban J connectivity index is 1.89. The van der Waals surface area contributed by atoms with Gasteiger partial charge in [-0.05, 0) is 47.5 Å². The molecule has 3 nitrogen and oxygen atoms in total. The van der Waals surface area contributed by atoms with E-state index in [1.807, 2.05) is 4.90 Å². The van der Waals surface area contributed by atoms with Crippen LogP contribution in [-0.2, 0) is 11.2 Å². The molecule has 0 saturated carbocycles. The lowest BCUT2D eigenvalue weighted by Gasteiger charge is -2.36. The van der Waals surface area contributed by atoms with Gasteiger partial charge in [0.15, 0.2) is 6.54 Å². The molecule has 3 rings (SSSR count). The number of hydrogen-bond donors (Lipinski definition) is 1. The fourth-order valence-electron chi connectivity index (χ4n) is 3.14. The second kappa shape index (κ2) is 7.23. The molecule has 2 aromatic rings. The highest BCUT2D eigenvalue weighted by Crippen LogP contribution is 2.37. The van der Waals surface area contributed by atoms with Crippen molar-refractivity contribution >= 4 is 17.2 Å². The summed E-state index contributed by atoms with van der Waals surface area (Å²) in [4.78, 5) is 16.0. The summed E-state index contributed by atoms with van der Waals surface area (Å²) in [5, 5.41) is 4.14. The summed E-state index contributed by atoms with van der Waals surface area (Å²) in [5.41, 5.74) is 2.17. The molecule has 2 N–H and O–H groups in total. The highest BCUT2D eigenvalue weighted by atomic mass is 32.1. The number of quaternary nitrogens is 1. The molecule has 23 heavy (non-hydrogen) atoms. The summed E-state index contributed by atoms with van der Waals surface area (Å²) in [6, 6.07) is 8.55. The largest absolute Gasteiger partial charge is 0.338 e. The van der Waals surface area contributed by atoms with Gasteiger partial charge in [-0.2, -0.15) is 0 Å². The molecule has 1 aromatic heterocycles. The van der Waals surface area contributed by atoms with Crippen LogP contribution in [0.15, 0.2) is 35.7 Å². The monoisotopic (exact) mass is 333 g/mol. The molecular formula is C18H22FN2OS+. The van der Waals surface area contributed by atoms with Crippen LogP contribution in [0.4, 0.5) is 4.39 Å². The number of nitrogens with two attached hydrogens (primary N) is 1. The molecule has 1 aromatic carbocycles. The summed E-state index contributed by atoms with van der Waals surface area (Å²) < 4.78 is 13.3. The van der Waals surface area contributed by atoms with E-state index in [4.69, 9.17) is 0 Å². The first-order valence-corrected chi connectivity index (χ1v) is 9.01. The van der Waals surface area contributed by atoms with E-state index in [1.54, 1.807) is 23.5 Å². The summed E-state index contributed by atoms with van der Waals surface area (Å²) in [6.07, 6.45) is 1.97. The molecule has 1 atom stereocenters. The molecule has 122 valence electrons. The number of thiophene rings is 1. The molecule has 1 aliphatic heterocycles. The molecule has 0 unspecified atom stereocenters. The summed E-state index contributed by atoms with van der Waals surface area (Å²) >= 11 is 1.74. The lowest BCUT2D eigenvalue weighted by atomic mass is 9.93. The highest BCUT2D eigenvalue weighted by Gasteiger charge is 2.33. The first-order valence-electron chi connectivity index (χ1n) is 8.13. The van der Waals surface area contributed by atoms with Crippen molar-refractivity contribution in [3.8, 4) is 0 Å². The Morgan fingerprint density at radius 2 is 2.13 bits per heavy atom. The van der Waals surface area contributed by atoms with Gasteiger partial charge in [-0.15, -0.1) is 11.3 Å². The van der Waals surface area contributed by atoms with Gasteiger partial charge in [-0.3, -0.25) is 4.79 Å². The standard InChI is InChI=1S/C18H21FN2OS/c1-2-9-20-12-17(22)21-10-7-16-15(8-11-23-16)18(21)13-3-5-14(19)6-4-13/h3-6,8,11,18,20H,2,7,9-10,12H2,1H3/p+1/t18-/m0/s1. The van der Waals surface area contributed by atoms with Crippen molar-refractivity contribution in [3.63, 3.8) is 0 Å². The third kappa shape index (κ3) is 3.46. The third-order valence-electron chi connectivity index (χ3n) is 4.28. The topological polar surface area (TPSA) is 36.9 Å². The van der Waals surface area contributed by atoms with Gasteiger partial charge in [-0.1, -0.05) is 19.1 Å². The maximum absolute atomic E-state index is 13.3. The lowest BCUT2D eigenvalue weighted by Crippen LogP contribution is -2.86. The van der Waals surface area contributed by atoms with E-state index in [0.717, 1.165) is 31.5 Å². The van der Waals surface area contributed by atoms with Gasteiger partial charge in [0.1, 0.15) is 5.82 Å². The highest BCUT2D eigenvalue weighted by molar-refractivity contribution is 7.10. The smallest absolute Gasteiger partial charge is 0.278 e. The molecule has 2 heterocycles. The molecule has 5 heteroatoms. The molecule has 0 saturated heterocycles. The van der Waals surface area contributed by atoms with Crippen molar-refractivity contribution in [1.82, 2.24) is 4.90 Å². The molecule has 0 spiro atoms. The van der Waals surface area contributed by atoms with Gasteiger partial charge in [0.2, 0.25) is 0 Å². The zero-order valence-electron chi connectivity index (χ0n) is 13.3. The SMILES string of the molecule is CCC[NH2+]CC(=O)N1CCc2sccc2[C@@H]1c1ccc(F)cc1. The number of hydrogen-bond acceptors (Lipinski definition) is 2. The first kappa shape index (κ1) is 16.1. The van der Waals surface area contributed by atoms with Crippen molar-refractivity contribution in [2.45, 2.75) is 25.8 Å². The number of carbonyl (C=O) groups excluding carboxylic acids is 1. The van der Waals surface area contributed by atoms with Gasteiger partial charge in [0.25, 0.3) is 5.91 Å². The number of benzene rings is 1. The normalized spacial score (nSPS) is 17.1. The second-order valence-electron chi connectivity index (χ2n) is 5.87. The Kier molecular flexibility index (Phi) is 5.08. The summed E-state index contributed by atoms with van der Waals surface area (Å²) in [7, 11) is 0. The zero-order chi connectivity index (χ0) is 16.2. The van der Waals surface area contributed by atoms with Crippen molar-refractivity contribution < 1.29 is 14.5 Å². The Morgan fingerprint density at radius 3 is 2.87 bits per heavy atom. The van der Waals surface area contributed by atoms with E-state index in [2.05, 4.69) is 23.7 Å². The van der Waals surface area contributed by atoms with Gasteiger partial charge in [-0.25, -0.2) is 4.39 Å². The van der Waals surface area contributed by atoms with E-state index >= 15 is 0 Å². The van der Waals surface area contributed by atoms with Crippen LogP contribution in [0.25, 0.3) is 0 Å². The number of rotatable bonds is 5. The quantitative estimate of drug-likeness (QED) is 0.838. The van der Waals surface area contributed by atoms with Gasteiger partial charge in [0, 0.05) is 11.4 Å². The molecular weight excluding hydrogens is 311 g/mol. The predicted octanol–water partition coefficient (Wildman–Crippen LogP) is 2.33. The molecule has 0 radical (unpaired) electrons. The van der Waals surface area contributed by atoms with E-state index in [0.29, 0.717) is 6.54 Å². The summed E-state index contributed by atoms with van der Waals surface area (Å²) in [6.45, 7) is 4.28. The average molecular weight is 333 g/mol. The fraction of sp³-hybridized carbons (Fsp3) is 0.389. The molecule has 1 amide bonds. The molecule has 0 fully saturated rings. The van der Waals surface area contributed by atoms with Crippen molar-refractivity contribution in [2.24, 2.45) is 0 Å². The minimum Gasteiger partial charge on any atom is -0.338 e. The van der Waals surface area contributed by atoms with Crippen molar-refractivity contribution in [2.75, 3.05) is 19.6 Å². The summed E-state index contributed by atoms with van der Waals surface area (Å²) in [5.74, 6) is -0.0890. The van der Waals surface area contributed by atoms with Crippen LogP contribution in [0.3, 0.4) is 0 Å². The lowest BCUT2D eigenvalue weighted by molar-refractivity contribution is -0.644. The molecule has 0 bridgehead atoms. The van der Waals surface area contributed by atoms with Crippen LogP contribution in [0.2, 0.25) is 0 Å². The number of carbonyl (C=O) groups is 1. The number of fused-ring (bicyclic) bond motifs is 1.